The molecule has 0 bridgehead atoms. The zero-order valence-electron chi connectivity index (χ0n) is 9.92. The highest BCUT2D eigenvalue weighted by Crippen LogP contribution is 2.39. The molecule has 88 valence electrons. The van der Waals surface area contributed by atoms with Crippen molar-refractivity contribution in [3.63, 3.8) is 0 Å². The number of aromatic nitrogens is 2. The Labute approximate surface area is 103 Å². The first-order chi connectivity index (χ1) is 8.02. The molecule has 0 unspecified atom stereocenters. The van der Waals surface area contributed by atoms with Crippen molar-refractivity contribution in [2.45, 2.75) is 24.4 Å². The largest absolute Gasteiger partial charge is 0.333 e. The van der Waals surface area contributed by atoms with Gasteiger partial charge in [-0.2, -0.15) is 0 Å². The Morgan fingerprint density at radius 1 is 1.35 bits per heavy atom. The molecule has 0 aliphatic carbocycles. The Hall–Kier alpha value is -1.49. The molecule has 0 saturated heterocycles. The molecule has 0 spiro atoms. The number of rotatable bonds is 1. The monoisotopic (exact) mass is 247 g/mol. The quantitative estimate of drug-likeness (QED) is 0.761. The minimum Gasteiger partial charge on any atom is -0.333 e. The summed E-state index contributed by atoms with van der Waals surface area (Å²) in [6.45, 7) is 3.87. The fourth-order valence-corrected chi connectivity index (χ4v) is 2.55. The van der Waals surface area contributed by atoms with Crippen molar-refractivity contribution < 1.29 is 4.79 Å². The van der Waals surface area contributed by atoms with Crippen molar-refractivity contribution >= 4 is 34.4 Å². The number of carbonyl (C=O) groups excluding carboxylic acids is 1. The van der Waals surface area contributed by atoms with E-state index < -0.39 is 5.41 Å². The summed E-state index contributed by atoms with van der Waals surface area (Å²) in [7, 11) is 0. The van der Waals surface area contributed by atoms with E-state index in [0.29, 0.717) is 0 Å². The number of nitrogens with zero attached hydrogens (tertiary/aromatic N) is 1. The number of carbonyl (C=O) groups is 1. The smallest absolute Gasteiger partial charge is 0.234 e. The van der Waals surface area contributed by atoms with Crippen LogP contribution in [0.2, 0.25) is 0 Å². The van der Waals surface area contributed by atoms with E-state index in [2.05, 4.69) is 15.3 Å². The number of imidazole rings is 1. The van der Waals surface area contributed by atoms with Crippen LogP contribution in [0.25, 0.3) is 11.0 Å². The summed E-state index contributed by atoms with van der Waals surface area (Å²) in [4.78, 5) is 19.5. The molecule has 0 fully saturated rings. The number of hydrogen-bond donors (Lipinski definition) is 2. The van der Waals surface area contributed by atoms with Crippen LogP contribution < -0.4 is 5.32 Å². The molecular weight excluding hydrogens is 234 g/mol. The molecule has 3 rings (SSSR count). The van der Waals surface area contributed by atoms with Gasteiger partial charge >= 0.3 is 0 Å². The zero-order chi connectivity index (χ0) is 12.2. The summed E-state index contributed by atoms with van der Waals surface area (Å²) in [6, 6.07) is 3.96. The van der Waals surface area contributed by atoms with E-state index in [1.54, 1.807) is 11.8 Å². The van der Waals surface area contributed by atoms with Crippen LogP contribution in [-0.2, 0) is 10.2 Å². The van der Waals surface area contributed by atoms with Gasteiger partial charge in [0, 0.05) is 5.69 Å². The van der Waals surface area contributed by atoms with Gasteiger partial charge in [0.25, 0.3) is 0 Å². The fourth-order valence-electron chi connectivity index (χ4n) is 2.15. The lowest BCUT2D eigenvalue weighted by atomic mass is 9.86. The predicted molar refractivity (Wildman–Crippen MR) is 69.5 cm³/mol. The maximum absolute atomic E-state index is 11.8. The first-order valence-electron chi connectivity index (χ1n) is 5.42. The minimum atomic E-state index is -0.470. The third kappa shape index (κ3) is 1.38. The molecule has 0 radical (unpaired) electrons. The van der Waals surface area contributed by atoms with Gasteiger partial charge in [-0.1, -0.05) is 11.8 Å². The van der Waals surface area contributed by atoms with Crippen LogP contribution in [0.5, 0.6) is 0 Å². The molecule has 0 atom stereocenters. The van der Waals surface area contributed by atoms with Gasteiger partial charge < -0.3 is 10.3 Å². The summed E-state index contributed by atoms with van der Waals surface area (Å²) in [5, 5.41) is 3.81. The number of aromatic amines is 1. The number of H-pyrrole nitrogens is 1. The van der Waals surface area contributed by atoms with Gasteiger partial charge in [-0.05, 0) is 37.8 Å². The van der Waals surface area contributed by atoms with E-state index in [0.717, 1.165) is 27.4 Å². The van der Waals surface area contributed by atoms with Gasteiger partial charge in [0.05, 0.1) is 16.4 Å². The van der Waals surface area contributed by atoms with Crippen molar-refractivity contribution in [3.8, 4) is 0 Å². The Balaban J connectivity index is 2.26. The van der Waals surface area contributed by atoms with E-state index in [1.165, 1.54) is 0 Å². The van der Waals surface area contributed by atoms with Crippen molar-refractivity contribution in [3.05, 3.63) is 17.7 Å². The van der Waals surface area contributed by atoms with Crippen molar-refractivity contribution in [2.24, 2.45) is 0 Å². The number of hydrogen-bond acceptors (Lipinski definition) is 3. The van der Waals surface area contributed by atoms with Gasteiger partial charge in [-0.3, -0.25) is 4.79 Å². The van der Waals surface area contributed by atoms with Gasteiger partial charge in [-0.25, -0.2) is 4.98 Å². The lowest BCUT2D eigenvalue weighted by Crippen LogP contribution is -2.26. The van der Waals surface area contributed by atoms with E-state index >= 15 is 0 Å². The molecule has 0 saturated carbocycles. The van der Waals surface area contributed by atoms with Crippen molar-refractivity contribution in [1.29, 1.82) is 0 Å². The second-order valence-corrected chi connectivity index (χ2v) is 5.54. The van der Waals surface area contributed by atoms with Crippen molar-refractivity contribution in [1.82, 2.24) is 9.97 Å². The Bertz CT molecular complexity index is 630. The molecular formula is C12H13N3OS. The molecule has 1 aromatic heterocycles. The number of fused-ring (bicyclic) bond motifs is 2. The Kier molecular flexibility index (Phi) is 2.04. The summed E-state index contributed by atoms with van der Waals surface area (Å²) >= 11 is 1.58. The summed E-state index contributed by atoms with van der Waals surface area (Å²) in [6.07, 6.45) is 1.98. The van der Waals surface area contributed by atoms with Crippen LogP contribution in [0, 0.1) is 0 Å². The molecule has 1 aliphatic heterocycles. The van der Waals surface area contributed by atoms with Crippen LogP contribution >= 0.6 is 11.8 Å². The number of benzene rings is 1. The van der Waals surface area contributed by atoms with Gasteiger partial charge in [0.1, 0.15) is 0 Å². The summed E-state index contributed by atoms with van der Waals surface area (Å²) in [5.74, 6) is 0.0465. The van der Waals surface area contributed by atoms with Crippen LogP contribution in [0.15, 0.2) is 17.3 Å². The third-order valence-electron chi connectivity index (χ3n) is 3.28. The molecule has 5 heteroatoms. The van der Waals surface area contributed by atoms with E-state index in [1.807, 2.05) is 32.2 Å². The fraction of sp³-hybridized carbons (Fsp3) is 0.333. The first kappa shape index (κ1) is 10.7. The number of thioether (sulfide) groups is 1. The SMILES string of the molecule is CSc1nc2cc3c(cc2[nH]1)NC(=O)C3(C)C. The summed E-state index contributed by atoms with van der Waals surface area (Å²) < 4.78 is 0. The molecule has 1 aliphatic rings. The molecule has 1 aromatic carbocycles. The molecule has 2 N–H and O–H groups in total. The second kappa shape index (κ2) is 3.26. The van der Waals surface area contributed by atoms with Gasteiger partial charge in [0.15, 0.2) is 5.16 Å². The molecule has 2 heterocycles. The molecule has 4 nitrogen and oxygen atoms in total. The van der Waals surface area contributed by atoms with Gasteiger partial charge in [0.2, 0.25) is 5.91 Å². The standard InChI is InChI=1S/C12H13N3OS/c1-12(2)6-4-8-9(15-11(14-8)17-3)5-7(6)13-10(12)16/h4-5H,1-3H3,(H,13,16)(H,14,15). The van der Waals surface area contributed by atoms with Crippen LogP contribution in [0.3, 0.4) is 0 Å². The van der Waals surface area contributed by atoms with E-state index in [-0.39, 0.29) is 5.91 Å². The van der Waals surface area contributed by atoms with Crippen LogP contribution in [0.4, 0.5) is 5.69 Å². The zero-order valence-corrected chi connectivity index (χ0v) is 10.7. The highest BCUT2D eigenvalue weighted by Gasteiger charge is 2.38. The lowest BCUT2D eigenvalue weighted by molar-refractivity contribution is -0.119. The molecule has 17 heavy (non-hydrogen) atoms. The normalized spacial score (nSPS) is 17.2. The maximum Gasteiger partial charge on any atom is 0.234 e. The highest BCUT2D eigenvalue weighted by molar-refractivity contribution is 7.98. The Morgan fingerprint density at radius 3 is 2.82 bits per heavy atom. The topological polar surface area (TPSA) is 57.8 Å². The van der Waals surface area contributed by atoms with Crippen LogP contribution in [0.1, 0.15) is 19.4 Å². The summed E-state index contributed by atoms with van der Waals surface area (Å²) in [5.41, 5.74) is 3.32. The third-order valence-corrected chi connectivity index (χ3v) is 3.86. The van der Waals surface area contributed by atoms with Crippen molar-refractivity contribution in [2.75, 3.05) is 11.6 Å². The van der Waals surface area contributed by atoms with Crippen LogP contribution in [-0.4, -0.2) is 22.1 Å². The average molecular weight is 247 g/mol. The minimum absolute atomic E-state index is 0.0465. The lowest BCUT2D eigenvalue weighted by Gasteiger charge is -2.14. The van der Waals surface area contributed by atoms with E-state index in [9.17, 15) is 4.79 Å². The Morgan fingerprint density at radius 2 is 2.12 bits per heavy atom. The van der Waals surface area contributed by atoms with Gasteiger partial charge in [-0.15, -0.1) is 0 Å². The number of amides is 1. The molecule has 1 amide bonds. The highest BCUT2D eigenvalue weighted by atomic mass is 32.2. The second-order valence-electron chi connectivity index (χ2n) is 4.74. The predicted octanol–water partition coefficient (Wildman–Crippen LogP) is 2.51. The number of anilines is 1. The first-order valence-corrected chi connectivity index (χ1v) is 6.64. The average Bonchev–Trinajstić information content (AvgIpc) is 2.77. The molecule has 2 aromatic rings. The van der Waals surface area contributed by atoms with E-state index in [4.69, 9.17) is 0 Å². The maximum atomic E-state index is 11.8. The number of nitrogens with one attached hydrogen (secondary N) is 2.